The van der Waals surface area contributed by atoms with Crippen LogP contribution in [0.2, 0.25) is 0 Å². The van der Waals surface area contributed by atoms with E-state index in [1.165, 1.54) is 0 Å². The van der Waals surface area contributed by atoms with Crippen molar-refractivity contribution in [1.29, 1.82) is 0 Å². The fourth-order valence-electron chi connectivity index (χ4n) is 2.08. The largest absolute Gasteiger partial charge is 0.489 e. The van der Waals surface area contributed by atoms with Crippen LogP contribution < -0.4 is 10.4 Å². The molecule has 1 N–H and O–H groups in total. The molecule has 0 atom stereocenters. The van der Waals surface area contributed by atoms with Crippen LogP contribution >= 0.6 is 0 Å². The first kappa shape index (κ1) is 13.4. The lowest BCUT2D eigenvalue weighted by Crippen LogP contribution is -2.06. The van der Waals surface area contributed by atoms with Gasteiger partial charge < -0.3 is 14.3 Å². The highest BCUT2D eigenvalue weighted by molar-refractivity contribution is 5.78. The van der Waals surface area contributed by atoms with Crippen LogP contribution in [-0.4, -0.2) is 5.11 Å². The van der Waals surface area contributed by atoms with Crippen molar-refractivity contribution in [3.63, 3.8) is 0 Å². The van der Waals surface area contributed by atoms with E-state index in [2.05, 4.69) is 0 Å². The second-order valence-corrected chi connectivity index (χ2v) is 4.69. The van der Waals surface area contributed by atoms with Gasteiger partial charge in [-0.1, -0.05) is 30.3 Å². The molecule has 0 saturated heterocycles. The molecule has 3 rings (SSSR count). The van der Waals surface area contributed by atoms with Crippen LogP contribution in [0.5, 0.6) is 5.75 Å². The molecule has 0 spiro atoms. The minimum atomic E-state index is -0.523. The number of aliphatic hydroxyl groups is 1. The van der Waals surface area contributed by atoms with Gasteiger partial charge in [-0.15, -0.1) is 0 Å². The zero-order chi connectivity index (χ0) is 14.7. The molecule has 1 heterocycles. The van der Waals surface area contributed by atoms with E-state index < -0.39 is 5.63 Å². The lowest BCUT2D eigenvalue weighted by molar-refractivity contribution is 0.276. The van der Waals surface area contributed by atoms with Gasteiger partial charge in [0.25, 0.3) is 0 Å². The molecule has 0 saturated carbocycles. The monoisotopic (exact) mass is 282 g/mol. The quantitative estimate of drug-likeness (QED) is 0.747. The van der Waals surface area contributed by atoms with Crippen molar-refractivity contribution in [2.45, 2.75) is 13.2 Å². The molecule has 4 heteroatoms. The topological polar surface area (TPSA) is 59.7 Å². The van der Waals surface area contributed by atoms with E-state index >= 15 is 0 Å². The lowest BCUT2D eigenvalue weighted by atomic mass is 10.2. The third-order valence-corrected chi connectivity index (χ3v) is 3.20. The summed E-state index contributed by atoms with van der Waals surface area (Å²) in [5.74, 6) is 0.631. The molecule has 0 fully saturated rings. The summed E-state index contributed by atoms with van der Waals surface area (Å²) in [5, 5.41) is 9.81. The van der Waals surface area contributed by atoms with E-state index in [-0.39, 0.29) is 12.2 Å². The van der Waals surface area contributed by atoms with Gasteiger partial charge in [0.15, 0.2) is 0 Å². The Labute approximate surface area is 121 Å². The van der Waals surface area contributed by atoms with Crippen LogP contribution in [0.1, 0.15) is 11.1 Å². The minimum absolute atomic E-state index is 0.250. The molecule has 4 nitrogen and oxygen atoms in total. The Morgan fingerprint density at radius 1 is 1.05 bits per heavy atom. The Hall–Kier alpha value is -2.59. The predicted octanol–water partition coefficient (Wildman–Crippen LogP) is 2.86. The Balaban J connectivity index is 1.86. The summed E-state index contributed by atoms with van der Waals surface area (Å²) in [5.41, 5.74) is 1.24. The average Bonchev–Trinajstić information content (AvgIpc) is 2.53. The molecule has 0 aliphatic rings. The summed E-state index contributed by atoms with van der Waals surface area (Å²) < 4.78 is 10.9. The minimum Gasteiger partial charge on any atom is -0.489 e. The molecule has 0 unspecified atom stereocenters. The van der Waals surface area contributed by atoms with Crippen LogP contribution in [0.15, 0.2) is 63.8 Å². The highest BCUT2D eigenvalue weighted by atomic mass is 16.5. The highest BCUT2D eigenvalue weighted by Gasteiger charge is 2.05. The number of benzene rings is 2. The van der Waals surface area contributed by atoms with E-state index in [1.54, 1.807) is 18.2 Å². The number of ether oxygens (including phenoxy) is 1. The number of hydrogen-bond acceptors (Lipinski definition) is 4. The van der Waals surface area contributed by atoms with Gasteiger partial charge in [0.1, 0.15) is 17.9 Å². The second-order valence-electron chi connectivity index (χ2n) is 4.69. The van der Waals surface area contributed by atoms with Gasteiger partial charge in [0.2, 0.25) is 0 Å². The van der Waals surface area contributed by atoms with E-state index in [0.717, 1.165) is 10.9 Å². The number of fused-ring (bicyclic) bond motifs is 1. The third-order valence-electron chi connectivity index (χ3n) is 3.20. The van der Waals surface area contributed by atoms with Gasteiger partial charge in [-0.2, -0.15) is 0 Å². The van der Waals surface area contributed by atoms with Gasteiger partial charge in [0.05, 0.1) is 12.2 Å². The predicted molar refractivity (Wildman–Crippen MR) is 79.2 cm³/mol. The van der Waals surface area contributed by atoms with Gasteiger partial charge in [0, 0.05) is 11.5 Å². The molecule has 0 amide bonds. The molecular formula is C17H14O4. The van der Waals surface area contributed by atoms with Crippen LogP contribution in [0.25, 0.3) is 11.0 Å². The molecule has 0 aliphatic carbocycles. The van der Waals surface area contributed by atoms with Crippen molar-refractivity contribution < 1.29 is 14.3 Å². The molecule has 0 bridgehead atoms. The van der Waals surface area contributed by atoms with Crippen molar-refractivity contribution in [3.05, 3.63) is 76.1 Å². The smallest absolute Gasteiger partial charge is 0.341 e. The molecular weight excluding hydrogens is 268 g/mol. The van der Waals surface area contributed by atoms with Crippen LogP contribution in [0.4, 0.5) is 0 Å². The lowest BCUT2D eigenvalue weighted by Gasteiger charge is -2.07. The van der Waals surface area contributed by atoms with Crippen molar-refractivity contribution in [1.82, 2.24) is 0 Å². The normalized spacial score (nSPS) is 10.7. The maximum absolute atomic E-state index is 11.6. The van der Waals surface area contributed by atoms with Crippen LogP contribution in [0.3, 0.4) is 0 Å². The first-order valence-corrected chi connectivity index (χ1v) is 6.60. The van der Waals surface area contributed by atoms with Crippen molar-refractivity contribution in [2.24, 2.45) is 0 Å². The Kier molecular flexibility index (Phi) is 3.71. The summed E-state index contributed by atoms with van der Waals surface area (Å²) >= 11 is 0. The first-order valence-electron chi connectivity index (χ1n) is 6.60. The summed E-state index contributed by atoms with van der Waals surface area (Å²) in [6.07, 6.45) is 0. The summed E-state index contributed by atoms with van der Waals surface area (Å²) in [6, 6.07) is 16.7. The second kappa shape index (κ2) is 5.81. The van der Waals surface area contributed by atoms with Crippen molar-refractivity contribution in [3.8, 4) is 5.75 Å². The van der Waals surface area contributed by atoms with Gasteiger partial charge >= 0.3 is 5.63 Å². The Morgan fingerprint density at radius 2 is 1.86 bits per heavy atom. The SMILES string of the molecule is O=c1oc2cc(OCc3ccccc3)ccc2cc1CO. The van der Waals surface area contributed by atoms with Crippen molar-refractivity contribution >= 4 is 11.0 Å². The summed E-state index contributed by atoms with van der Waals surface area (Å²) in [6.45, 7) is 0.121. The fourth-order valence-corrected chi connectivity index (χ4v) is 2.08. The maximum Gasteiger partial charge on any atom is 0.341 e. The fraction of sp³-hybridized carbons (Fsp3) is 0.118. The van der Waals surface area contributed by atoms with Crippen molar-refractivity contribution in [2.75, 3.05) is 0 Å². The summed E-state index contributed by atoms with van der Waals surface area (Å²) in [4.78, 5) is 11.6. The van der Waals surface area contributed by atoms with E-state index in [1.807, 2.05) is 36.4 Å². The zero-order valence-electron chi connectivity index (χ0n) is 11.3. The number of aliphatic hydroxyl groups excluding tert-OH is 1. The Bertz CT molecular complexity index is 806. The van der Waals surface area contributed by atoms with Crippen LogP contribution in [0, 0.1) is 0 Å². The molecule has 0 aliphatic heterocycles. The number of rotatable bonds is 4. The van der Waals surface area contributed by atoms with E-state index in [0.29, 0.717) is 17.9 Å². The van der Waals surface area contributed by atoms with E-state index in [4.69, 9.17) is 14.3 Å². The average molecular weight is 282 g/mol. The maximum atomic E-state index is 11.6. The molecule has 3 aromatic rings. The molecule has 106 valence electrons. The molecule has 0 radical (unpaired) electrons. The van der Waals surface area contributed by atoms with Gasteiger partial charge in [-0.3, -0.25) is 0 Å². The zero-order valence-corrected chi connectivity index (χ0v) is 11.3. The number of hydrogen-bond donors (Lipinski definition) is 1. The highest BCUT2D eigenvalue weighted by Crippen LogP contribution is 2.21. The Morgan fingerprint density at radius 3 is 2.62 bits per heavy atom. The van der Waals surface area contributed by atoms with Crippen LogP contribution in [-0.2, 0) is 13.2 Å². The summed E-state index contributed by atoms with van der Waals surface area (Å²) in [7, 11) is 0. The standard InChI is InChI=1S/C17H14O4/c18-10-14-8-13-6-7-15(9-16(13)21-17(14)19)20-11-12-4-2-1-3-5-12/h1-9,18H,10-11H2. The first-order chi connectivity index (χ1) is 10.3. The van der Waals surface area contributed by atoms with E-state index in [9.17, 15) is 4.79 Å². The molecule has 1 aromatic heterocycles. The van der Waals surface area contributed by atoms with Gasteiger partial charge in [-0.25, -0.2) is 4.79 Å². The molecule has 2 aromatic carbocycles. The third kappa shape index (κ3) is 2.95. The molecule has 21 heavy (non-hydrogen) atoms. The van der Waals surface area contributed by atoms with Gasteiger partial charge in [-0.05, 0) is 23.8 Å².